The third-order valence-electron chi connectivity index (χ3n) is 3.90. The molecule has 0 saturated carbocycles. The molecule has 1 aromatic carbocycles. The lowest BCUT2D eigenvalue weighted by atomic mass is 10.0. The Kier molecular flexibility index (Phi) is 5.76. The van der Waals surface area contributed by atoms with Gasteiger partial charge in [0.25, 0.3) is 0 Å². The van der Waals surface area contributed by atoms with E-state index in [1.54, 1.807) is 25.1 Å². The topological polar surface area (TPSA) is 49.8 Å². The van der Waals surface area contributed by atoms with Gasteiger partial charge in [0.05, 0.1) is 6.10 Å². The maximum Gasteiger partial charge on any atom is 0.159 e. The molecule has 4 nitrogen and oxygen atoms in total. The molecule has 4 heteroatoms. The van der Waals surface area contributed by atoms with Crippen LogP contribution in [0.15, 0.2) is 18.2 Å². The number of phenols is 1. The van der Waals surface area contributed by atoms with Crippen LogP contribution in [0.3, 0.4) is 0 Å². The standard InChI is InChI=1S/C17H25NO3/c1-3-9-21-16-5-4-8-18(12-16)11-15-10-14(13(2)19)6-7-17(15)20/h6-7,10,16,20H,3-5,8-9,11-12H2,1-2H3. The van der Waals surface area contributed by atoms with Crippen molar-refractivity contribution in [3.63, 3.8) is 0 Å². The van der Waals surface area contributed by atoms with Crippen molar-refractivity contribution in [1.29, 1.82) is 0 Å². The molecule has 0 aliphatic carbocycles. The summed E-state index contributed by atoms with van der Waals surface area (Å²) < 4.78 is 5.83. The van der Waals surface area contributed by atoms with Crippen LogP contribution in [0, 0.1) is 0 Å². The molecule has 1 unspecified atom stereocenters. The molecular formula is C17H25NO3. The highest BCUT2D eigenvalue weighted by atomic mass is 16.5. The molecule has 0 bridgehead atoms. The van der Waals surface area contributed by atoms with Crippen LogP contribution in [0.25, 0.3) is 0 Å². The molecule has 2 rings (SSSR count). The van der Waals surface area contributed by atoms with Crippen LogP contribution in [0.4, 0.5) is 0 Å². The van der Waals surface area contributed by atoms with Gasteiger partial charge in [-0.25, -0.2) is 0 Å². The zero-order valence-corrected chi connectivity index (χ0v) is 13.0. The summed E-state index contributed by atoms with van der Waals surface area (Å²) in [6.45, 7) is 7.04. The van der Waals surface area contributed by atoms with Crippen LogP contribution in [0.5, 0.6) is 5.75 Å². The number of likely N-dealkylation sites (tertiary alicyclic amines) is 1. The predicted octanol–water partition coefficient (Wildman–Crippen LogP) is 2.99. The van der Waals surface area contributed by atoms with Crippen molar-refractivity contribution in [1.82, 2.24) is 4.90 Å². The average molecular weight is 291 g/mol. The van der Waals surface area contributed by atoms with Gasteiger partial charge in [-0.15, -0.1) is 0 Å². The number of benzene rings is 1. The summed E-state index contributed by atoms with van der Waals surface area (Å²) in [5.41, 5.74) is 1.47. The van der Waals surface area contributed by atoms with E-state index < -0.39 is 0 Å². The molecule has 0 spiro atoms. The minimum absolute atomic E-state index is 0.0269. The number of carbonyl (C=O) groups excluding carboxylic acids is 1. The highest BCUT2D eigenvalue weighted by molar-refractivity contribution is 5.94. The summed E-state index contributed by atoms with van der Waals surface area (Å²) in [6.07, 6.45) is 3.55. The molecule has 1 atom stereocenters. The van der Waals surface area contributed by atoms with Gasteiger partial charge < -0.3 is 9.84 Å². The first-order chi connectivity index (χ1) is 10.1. The van der Waals surface area contributed by atoms with Crippen molar-refractivity contribution in [3.8, 4) is 5.75 Å². The van der Waals surface area contributed by atoms with Crippen molar-refractivity contribution in [2.45, 2.75) is 45.8 Å². The lowest BCUT2D eigenvalue weighted by molar-refractivity contribution is -0.00239. The van der Waals surface area contributed by atoms with E-state index in [2.05, 4.69) is 11.8 Å². The fraction of sp³-hybridized carbons (Fsp3) is 0.588. The van der Waals surface area contributed by atoms with Crippen molar-refractivity contribution < 1.29 is 14.6 Å². The van der Waals surface area contributed by atoms with Crippen LogP contribution in [-0.2, 0) is 11.3 Å². The molecule has 116 valence electrons. The second-order valence-corrected chi connectivity index (χ2v) is 5.77. The first kappa shape index (κ1) is 16.0. The Morgan fingerprint density at radius 1 is 1.48 bits per heavy atom. The summed E-state index contributed by atoms with van der Waals surface area (Å²) in [5, 5.41) is 9.99. The van der Waals surface area contributed by atoms with Crippen molar-refractivity contribution in [3.05, 3.63) is 29.3 Å². The molecule has 21 heavy (non-hydrogen) atoms. The molecule has 1 saturated heterocycles. The number of ketones is 1. The Bertz CT molecular complexity index is 487. The second kappa shape index (κ2) is 7.57. The number of rotatable bonds is 6. The lowest BCUT2D eigenvalue weighted by Gasteiger charge is -2.32. The molecule has 1 heterocycles. The monoisotopic (exact) mass is 291 g/mol. The Morgan fingerprint density at radius 2 is 2.29 bits per heavy atom. The first-order valence-corrected chi connectivity index (χ1v) is 7.77. The minimum Gasteiger partial charge on any atom is -0.508 e. The number of ether oxygens (including phenoxy) is 1. The fourth-order valence-corrected chi connectivity index (χ4v) is 2.75. The molecule has 0 radical (unpaired) electrons. The quantitative estimate of drug-likeness (QED) is 0.819. The molecule has 1 N–H and O–H groups in total. The van der Waals surface area contributed by atoms with E-state index >= 15 is 0 Å². The number of hydrogen-bond acceptors (Lipinski definition) is 4. The normalized spacial score (nSPS) is 19.6. The zero-order chi connectivity index (χ0) is 15.2. The molecule has 1 aromatic rings. The summed E-state index contributed by atoms with van der Waals surface area (Å²) >= 11 is 0. The number of nitrogens with zero attached hydrogens (tertiary/aromatic N) is 1. The zero-order valence-electron chi connectivity index (χ0n) is 13.0. The van der Waals surface area contributed by atoms with Crippen LogP contribution in [0.2, 0.25) is 0 Å². The summed E-state index contributed by atoms with van der Waals surface area (Å²) in [6, 6.07) is 5.08. The maximum atomic E-state index is 11.5. The Hall–Kier alpha value is -1.39. The number of Topliss-reactive ketones (excluding diaryl/α,β-unsaturated/α-hetero) is 1. The predicted molar refractivity (Wildman–Crippen MR) is 82.7 cm³/mol. The van der Waals surface area contributed by atoms with Crippen LogP contribution >= 0.6 is 0 Å². The summed E-state index contributed by atoms with van der Waals surface area (Å²) in [4.78, 5) is 13.8. The van der Waals surface area contributed by atoms with Crippen molar-refractivity contribution in [2.75, 3.05) is 19.7 Å². The largest absolute Gasteiger partial charge is 0.508 e. The molecule has 1 fully saturated rings. The molecular weight excluding hydrogens is 266 g/mol. The Balaban J connectivity index is 2.00. The van der Waals surface area contributed by atoms with Gasteiger partial charge in [0.15, 0.2) is 5.78 Å². The van der Waals surface area contributed by atoms with E-state index in [0.29, 0.717) is 12.1 Å². The number of hydrogen-bond donors (Lipinski definition) is 1. The highest BCUT2D eigenvalue weighted by Gasteiger charge is 2.21. The van der Waals surface area contributed by atoms with Gasteiger partial charge in [-0.1, -0.05) is 6.92 Å². The van der Waals surface area contributed by atoms with Crippen LogP contribution < -0.4 is 0 Å². The number of phenolic OH excluding ortho intramolecular Hbond substituents is 1. The van der Waals surface area contributed by atoms with Gasteiger partial charge in [-0.05, 0) is 50.9 Å². The van der Waals surface area contributed by atoms with Gasteiger partial charge in [0, 0.05) is 30.8 Å². The molecule has 1 aliphatic heterocycles. The van der Waals surface area contributed by atoms with Crippen LogP contribution in [-0.4, -0.2) is 41.6 Å². The van der Waals surface area contributed by atoms with Gasteiger partial charge >= 0.3 is 0 Å². The van der Waals surface area contributed by atoms with Crippen molar-refractivity contribution >= 4 is 5.78 Å². The SMILES string of the molecule is CCCOC1CCCN(Cc2cc(C(C)=O)ccc2O)C1. The first-order valence-electron chi connectivity index (χ1n) is 7.77. The second-order valence-electron chi connectivity index (χ2n) is 5.77. The van der Waals surface area contributed by atoms with Gasteiger partial charge in [0.2, 0.25) is 0 Å². The third-order valence-corrected chi connectivity index (χ3v) is 3.90. The molecule has 0 aromatic heterocycles. The maximum absolute atomic E-state index is 11.5. The van der Waals surface area contributed by atoms with E-state index in [-0.39, 0.29) is 17.6 Å². The molecule has 1 aliphatic rings. The van der Waals surface area contributed by atoms with Gasteiger partial charge in [-0.2, -0.15) is 0 Å². The fourth-order valence-electron chi connectivity index (χ4n) is 2.75. The van der Waals surface area contributed by atoms with Crippen molar-refractivity contribution in [2.24, 2.45) is 0 Å². The van der Waals surface area contributed by atoms with E-state index in [9.17, 15) is 9.90 Å². The average Bonchev–Trinajstić information content (AvgIpc) is 2.47. The van der Waals surface area contributed by atoms with E-state index in [4.69, 9.17) is 4.74 Å². The Morgan fingerprint density at radius 3 is 3.00 bits per heavy atom. The molecule has 0 amide bonds. The van der Waals surface area contributed by atoms with E-state index in [0.717, 1.165) is 44.5 Å². The number of aromatic hydroxyl groups is 1. The smallest absolute Gasteiger partial charge is 0.159 e. The summed E-state index contributed by atoms with van der Waals surface area (Å²) in [5.74, 6) is 0.288. The van der Waals surface area contributed by atoms with Gasteiger partial charge in [0.1, 0.15) is 5.75 Å². The number of piperidine rings is 1. The minimum atomic E-state index is 0.0269. The van der Waals surface area contributed by atoms with E-state index in [1.165, 1.54) is 0 Å². The number of carbonyl (C=O) groups is 1. The highest BCUT2D eigenvalue weighted by Crippen LogP contribution is 2.23. The van der Waals surface area contributed by atoms with E-state index in [1.807, 2.05) is 0 Å². The third kappa shape index (κ3) is 4.55. The Labute approximate surface area is 126 Å². The lowest BCUT2D eigenvalue weighted by Crippen LogP contribution is -2.39. The van der Waals surface area contributed by atoms with Gasteiger partial charge in [-0.3, -0.25) is 9.69 Å². The summed E-state index contributed by atoms with van der Waals surface area (Å²) in [7, 11) is 0. The van der Waals surface area contributed by atoms with Crippen LogP contribution in [0.1, 0.15) is 49.0 Å².